The van der Waals surface area contributed by atoms with Gasteiger partial charge in [0.05, 0.1) is 0 Å². The molecule has 0 saturated carbocycles. The lowest BCUT2D eigenvalue weighted by Crippen LogP contribution is -2.19. The maximum atomic E-state index is 4.61. The molecule has 1 heterocycles. The second kappa shape index (κ2) is 7.07. The normalized spacial score (nSPS) is 10.7. The van der Waals surface area contributed by atoms with Crippen LogP contribution in [0.3, 0.4) is 0 Å². The molecule has 1 N–H and O–H groups in total. The summed E-state index contributed by atoms with van der Waals surface area (Å²) in [5.74, 6) is 2.22. The molecular weight excluding hydrogens is 260 g/mol. The maximum absolute atomic E-state index is 4.61. The molecule has 2 rings (SSSR count). The Morgan fingerprint density at radius 1 is 1.14 bits per heavy atom. The van der Waals surface area contributed by atoms with Gasteiger partial charge < -0.3 is 10.2 Å². The van der Waals surface area contributed by atoms with Crippen LogP contribution in [-0.4, -0.2) is 23.6 Å². The topological polar surface area (TPSA) is 41.1 Å². The zero-order chi connectivity index (χ0) is 15.2. The number of hydrogen-bond donors (Lipinski definition) is 1. The zero-order valence-corrected chi connectivity index (χ0v) is 13.3. The van der Waals surface area contributed by atoms with Crippen molar-refractivity contribution in [2.45, 2.75) is 27.3 Å². The minimum absolute atomic E-state index is 0.569. The Hall–Kier alpha value is -2.10. The summed E-state index contributed by atoms with van der Waals surface area (Å²) in [6.45, 7) is 8.06. The molecule has 0 radical (unpaired) electrons. The Balaban J connectivity index is 2.11. The molecule has 0 fully saturated rings. The van der Waals surface area contributed by atoms with Crippen molar-refractivity contribution in [2.24, 2.45) is 5.92 Å². The number of hydrogen-bond acceptors (Lipinski definition) is 4. The SMILES string of the molecule is Cc1cc(N(C)Cc2ccccc2)nc(NCC(C)C)n1. The Kier molecular flexibility index (Phi) is 5.14. The van der Waals surface area contributed by atoms with Crippen LogP contribution < -0.4 is 10.2 Å². The first kappa shape index (κ1) is 15.3. The van der Waals surface area contributed by atoms with Crippen molar-refractivity contribution >= 4 is 11.8 Å². The fraction of sp³-hybridized carbons (Fsp3) is 0.412. The van der Waals surface area contributed by atoms with E-state index >= 15 is 0 Å². The summed E-state index contributed by atoms with van der Waals surface area (Å²) in [5.41, 5.74) is 2.25. The Labute approximate surface area is 127 Å². The lowest BCUT2D eigenvalue weighted by molar-refractivity contribution is 0.684. The van der Waals surface area contributed by atoms with Gasteiger partial charge in [0.2, 0.25) is 5.95 Å². The fourth-order valence-corrected chi connectivity index (χ4v) is 2.06. The number of nitrogens with zero attached hydrogens (tertiary/aromatic N) is 3. The van der Waals surface area contributed by atoms with E-state index in [0.717, 1.165) is 24.6 Å². The van der Waals surface area contributed by atoms with E-state index in [2.05, 4.69) is 65.3 Å². The first-order valence-electron chi connectivity index (χ1n) is 7.39. The van der Waals surface area contributed by atoms with Gasteiger partial charge in [0.15, 0.2) is 0 Å². The maximum Gasteiger partial charge on any atom is 0.224 e. The number of anilines is 2. The second-order valence-corrected chi connectivity index (χ2v) is 5.81. The summed E-state index contributed by atoms with van der Waals surface area (Å²) >= 11 is 0. The van der Waals surface area contributed by atoms with Crippen molar-refractivity contribution < 1.29 is 0 Å². The number of aryl methyl sites for hydroxylation is 1. The molecule has 0 aliphatic rings. The van der Waals surface area contributed by atoms with Gasteiger partial charge in [-0.1, -0.05) is 44.2 Å². The largest absolute Gasteiger partial charge is 0.355 e. The molecule has 4 nitrogen and oxygen atoms in total. The lowest BCUT2D eigenvalue weighted by Gasteiger charge is -2.19. The molecule has 0 aliphatic heterocycles. The Bertz CT molecular complexity index is 566. The van der Waals surface area contributed by atoms with Crippen LogP contribution in [0, 0.1) is 12.8 Å². The van der Waals surface area contributed by atoms with Gasteiger partial charge in [-0.05, 0) is 18.4 Å². The highest BCUT2D eigenvalue weighted by Gasteiger charge is 2.07. The van der Waals surface area contributed by atoms with Crippen molar-refractivity contribution in [2.75, 3.05) is 23.8 Å². The third-order valence-corrected chi connectivity index (χ3v) is 3.16. The number of aromatic nitrogens is 2. The Morgan fingerprint density at radius 3 is 2.52 bits per heavy atom. The molecule has 0 amide bonds. The number of benzene rings is 1. The van der Waals surface area contributed by atoms with Crippen LogP contribution in [0.5, 0.6) is 0 Å². The van der Waals surface area contributed by atoms with E-state index in [1.807, 2.05) is 19.1 Å². The van der Waals surface area contributed by atoms with Crippen LogP contribution in [0.25, 0.3) is 0 Å². The van der Waals surface area contributed by atoms with Crippen molar-refractivity contribution in [1.82, 2.24) is 9.97 Å². The minimum atomic E-state index is 0.569. The molecule has 1 aromatic carbocycles. The molecular formula is C17H24N4. The fourth-order valence-electron chi connectivity index (χ4n) is 2.06. The predicted octanol–water partition coefficient (Wildman–Crippen LogP) is 3.49. The van der Waals surface area contributed by atoms with Crippen LogP contribution in [0.15, 0.2) is 36.4 Å². The van der Waals surface area contributed by atoms with E-state index in [4.69, 9.17) is 0 Å². The third kappa shape index (κ3) is 4.74. The van der Waals surface area contributed by atoms with E-state index in [1.54, 1.807) is 0 Å². The first-order chi connectivity index (χ1) is 10.0. The minimum Gasteiger partial charge on any atom is -0.355 e. The van der Waals surface area contributed by atoms with Gasteiger partial charge in [-0.15, -0.1) is 0 Å². The summed E-state index contributed by atoms with van der Waals surface area (Å²) in [5, 5.41) is 3.30. The van der Waals surface area contributed by atoms with E-state index in [0.29, 0.717) is 11.9 Å². The third-order valence-electron chi connectivity index (χ3n) is 3.16. The average molecular weight is 284 g/mol. The van der Waals surface area contributed by atoms with Gasteiger partial charge >= 0.3 is 0 Å². The second-order valence-electron chi connectivity index (χ2n) is 5.81. The highest BCUT2D eigenvalue weighted by Crippen LogP contribution is 2.16. The summed E-state index contributed by atoms with van der Waals surface area (Å²) in [6.07, 6.45) is 0. The molecule has 2 aromatic rings. The zero-order valence-electron chi connectivity index (χ0n) is 13.3. The van der Waals surface area contributed by atoms with Crippen LogP contribution in [0.1, 0.15) is 25.1 Å². The lowest BCUT2D eigenvalue weighted by atomic mass is 10.2. The molecule has 0 atom stereocenters. The van der Waals surface area contributed by atoms with E-state index in [-0.39, 0.29) is 0 Å². The van der Waals surface area contributed by atoms with Gasteiger partial charge in [0.25, 0.3) is 0 Å². The molecule has 0 bridgehead atoms. The van der Waals surface area contributed by atoms with Crippen molar-refractivity contribution in [1.29, 1.82) is 0 Å². The van der Waals surface area contributed by atoms with Gasteiger partial charge in [0.1, 0.15) is 5.82 Å². The van der Waals surface area contributed by atoms with E-state index in [1.165, 1.54) is 5.56 Å². The standard InChI is InChI=1S/C17H24N4/c1-13(2)11-18-17-19-14(3)10-16(20-17)21(4)12-15-8-6-5-7-9-15/h5-10,13H,11-12H2,1-4H3,(H,18,19,20). The molecule has 1 aromatic heterocycles. The van der Waals surface area contributed by atoms with Crippen molar-refractivity contribution in [3.8, 4) is 0 Å². The van der Waals surface area contributed by atoms with Gasteiger partial charge in [-0.2, -0.15) is 4.98 Å². The number of rotatable bonds is 6. The van der Waals surface area contributed by atoms with Crippen LogP contribution in [0.2, 0.25) is 0 Å². The number of nitrogens with one attached hydrogen (secondary N) is 1. The summed E-state index contributed by atoms with van der Waals surface area (Å²) in [7, 11) is 2.06. The molecule has 112 valence electrons. The highest BCUT2D eigenvalue weighted by atomic mass is 15.2. The average Bonchev–Trinajstić information content (AvgIpc) is 2.45. The highest BCUT2D eigenvalue weighted by molar-refractivity contribution is 5.44. The van der Waals surface area contributed by atoms with Gasteiger partial charge in [0, 0.05) is 31.9 Å². The summed E-state index contributed by atoms with van der Waals surface area (Å²) in [6, 6.07) is 12.4. The smallest absolute Gasteiger partial charge is 0.224 e. The monoisotopic (exact) mass is 284 g/mol. The molecule has 4 heteroatoms. The first-order valence-corrected chi connectivity index (χ1v) is 7.39. The van der Waals surface area contributed by atoms with Crippen molar-refractivity contribution in [3.05, 3.63) is 47.7 Å². The summed E-state index contributed by atoms with van der Waals surface area (Å²) in [4.78, 5) is 11.2. The molecule has 21 heavy (non-hydrogen) atoms. The van der Waals surface area contributed by atoms with E-state index in [9.17, 15) is 0 Å². The van der Waals surface area contributed by atoms with Gasteiger partial charge in [-0.25, -0.2) is 4.98 Å². The van der Waals surface area contributed by atoms with Crippen molar-refractivity contribution in [3.63, 3.8) is 0 Å². The van der Waals surface area contributed by atoms with Crippen LogP contribution >= 0.6 is 0 Å². The quantitative estimate of drug-likeness (QED) is 0.881. The molecule has 0 saturated heterocycles. The molecule has 0 spiro atoms. The predicted molar refractivity (Wildman–Crippen MR) is 88.6 cm³/mol. The van der Waals surface area contributed by atoms with Crippen LogP contribution in [-0.2, 0) is 6.54 Å². The van der Waals surface area contributed by atoms with Crippen LogP contribution in [0.4, 0.5) is 11.8 Å². The molecule has 0 aliphatic carbocycles. The Morgan fingerprint density at radius 2 is 1.86 bits per heavy atom. The van der Waals surface area contributed by atoms with Gasteiger partial charge in [-0.3, -0.25) is 0 Å². The summed E-state index contributed by atoms with van der Waals surface area (Å²) < 4.78 is 0. The van der Waals surface area contributed by atoms with E-state index < -0.39 is 0 Å². The molecule has 0 unspecified atom stereocenters.